The van der Waals surface area contributed by atoms with Gasteiger partial charge in [-0.1, -0.05) is 20.8 Å². The Morgan fingerprint density at radius 1 is 1.38 bits per heavy atom. The molecule has 0 saturated heterocycles. The second-order valence-electron chi connectivity index (χ2n) is 3.38. The minimum atomic E-state index is -0.973. The molecule has 0 spiro atoms. The van der Waals surface area contributed by atoms with Gasteiger partial charge in [0.05, 0.1) is 0 Å². The second-order valence-corrected chi connectivity index (χ2v) is 3.38. The number of amides is 1. The van der Waals surface area contributed by atoms with E-state index in [2.05, 4.69) is 5.32 Å². The van der Waals surface area contributed by atoms with E-state index in [0.29, 0.717) is 6.42 Å². The first-order chi connectivity index (χ1) is 5.99. The number of carboxylic acids is 1. The molecule has 0 aliphatic carbocycles. The average Bonchev–Trinajstić information content (AvgIpc) is 1.99. The van der Waals surface area contributed by atoms with Gasteiger partial charge in [0, 0.05) is 6.42 Å². The highest BCUT2D eigenvalue weighted by Gasteiger charge is 2.22. The number of hydrogen-bond donors (Lipinski definition) is 2. The van der Waals surface area contributed by atoms with E-state index in [1.54, 1.807) is 13.8 Å². The number of rotatable bonds is 5. The van der Waals surface area contributed by atoms with Crippen molar-refractivity contribution in [3.8, 4) is 0 Å². The molecule has 0 radical (unpaired) electrons. The van der Waals surface area contributed by atoms with E-state index in [4.69, 9.17) is 5.11 Å². The summed E-state index contributed by atoms with van der Waals surface area (Å²) in [6.45, 7) is 5.42. The first-order valence-electron chi connectivity index (χ1n) is 4.51. The van der Waals surface area contributed by atoms with Gasteiger partial charge in [-0.3, -0.25) is 4.79 Å². The van der Waals surface area contributed by atoms with Gasteiger partial charge >= 0.3 is 5.97 Å². The molecule has 1 atom stereocenters. The highest BCUT2D eigenvalue weighted by atomic mass is 16.4. The Balaban J connectivity index is 4.10. The van der Waals surface area contributed by atoms with Crippen LogP contribution in [0.3, 0.4) is 0 Å². The summed E-state index contributed by atoms with van der Waals surface area (Å²) in [5.41, 5.74) is 0. The predicted molar refractivity (Wildman–Crippen MR) is 49.3 cm³/mol. The molecule has 2 N–H and O–H groups in total. The van der Waals surface area contributed by atoms with E-state index >= 15 is 0 Å². The molecule has 0 unspecified atom stereocenters. The molecule has 1 amide bonds. The molecule has 0 rings (SSSR count). The molecule has 0 aliphatic heterocycles. The highest BCUT2D eigenvalue weighted by molar-refractivity contribution is 5.83. The van der Waals surface area contributed by atoms with Crippen molar-refractivity contribution in [3.05, 3.63) is 0 Å². The van der Waals surface area contributed by atoms with Crippen LogP contribution in [0.1, 0.15) is 33.6 Å². The summed E-state index contributed by atoms with van der Waals surface area (Å²) in [7, 11) is 0. The lowest BCUT2D eigenvalue weighted by atomic mass is 10.0. The Bertz CT molecular complexity index is 189. The monoisotopic (exact) mass is 187 g/mol. The highest BCUT2D eigenvalue weighted by Crippen LogP contribution is 2.02. The van der Waals surface area contributed by atoms with E-state index in [0.717, 1.165) is 6.42 Å². The van der Waals surface area contributed by atoms with Gasteiger partial charge in [-0.15, -0.1) is 0 Å². The van der Waals surface area contributed by atoms with Crippen LogP contribution >= 0.6 is 0 Å². The molecular formula is C9H17NO3. The van der Waals surface area contributed by atoms with Crippen LogP contribution in [0.25, 0.3) is 0 Å². The molecule has 76 valence electrons. The van der Waals surface area contributed by atoms with E-state index in [1.807, 2.05) is 6.92 Å². The Morgan fingerprint density at radius 3 is 2.23 bits per heavy atom. The fourth-order valence-electron chi connectivity index (χ4n) is 0.986. The summed E-state index contributed by atoms with van der Waals surface area (Å²) < 4.78 is 0. The number of hydrogen-bond acceptors (Lipinski definition) is 2. The Hall–Kier alpha value is -1.06. The first kappa shape index (κ1) is 11.9. The molecule has 0 bridgehead atoms. The standard InChI is InChI=1S/C9H17NO3/c1-4-5-7(11)10-8(6(2)3)9(12)13/h6,8H,4-5H2,1-3H3,(H,10,11)(H,12,13)/t8-/m1/s1. The smallest absolute Gasteiger partial charge is 0.326 e. The summed E-state index contributed by atoms with van der Waals surface area (Å²) in [5.74, 6) is -1.25. The van der Waals surface area contributed by atoms with Crippen molar-refractivity contribution in [3.63, 3.8) is 0 Å². The van der Waals surface area contributed by atoms with Crippen LogP contribution in [0.15, 0.2) is 0 Å². The molecule has 4 nitrogen and oxygen atoms in total. The van der Waals surface area contributed by atoms with Gasteiger partial charge < -0.3 is 10.4 Å². The molecule has 0 aromatic heterocycles. The zero-order valence-corrected chi connectivity index (χ0v) is 8.33. The minimum Gasteiger partial charge on any atom is -0.480 e. The van der Waals surface area contributed by atoms with Gasteiger partial charge in [-0.05, 0) is 12.3 Å². The summed E-state index contributed by atoms with van der Waals surface area (Å²) in [6, 6.07) is -0.765. The van der Waals surface area contributed by atoms with Gasteiger partial charge in [0.2, 0.25) is 5.91 Å². The minimum absolute atomic E-state index is 0.0849. The maximum absolute atomic E-state index is 11.1. The van der Waals surface area contributed by atoms with Crippen LogP contribution in [-0.2, 0) is 9.59 Å². The fourth-order valence-corrected chi connectivity index (χ4v) is 0.986. The lowest BCUT2D eigenvalue weighted by Gasteiger charge is -2.17. The van der Waals surface area contributed by atoms with Crippen molar-refractivity contribution >= 4 is 11.9 Å². The molecule has 4 heteroatoms. The van der Waals surface area contributed by atoms with E-state index in [1.165, 1.54) is 0 Å². The van der Waals surface area contributed by atoms with Crippen molar-refractivity contribution in [2.75, 3.05) is 0 Å². The van der Waals surface area contributed by atoms with Gasteiger partial charge in [0.1, 0.15) is 6.04 Å². The third-order valence-electron chi connectivity index (χ3n) is 1.73. The van der Waals surface area contributed by atoms with Crippen molar-refractivity contribution in [2.45, 2.75) is 39.7 Å². The maximum atomic E-state index is 11.1. The largest absolute Gasteiger partial charge is 0.480 e. The van der Waals surface area contributed by atoms with Crippen LogP contribution in [0.2, 0.25) is 0 Å². The first-order valence-corrected chi connectivity index (χ1v) is 4.51. The summed E-state index contributed by atoms with van der Waals surface area (Å²) in [5, 5.41) is 11.2. The van der Waals surface area contributed by atoms with Gasteiger partial charge in [-0.2, -0.15) is 0 Å². The van der Waals surface area contributed by atoms with Crippen molar-refractivity contribution in [1.82, 2.24) is 5.32 Å². The Morgan fingerprint density at radius 2 is 1.92 bits per heavy atom. The van der Waals surface area contributed by atoms with Crippen LogP contribution in [0.4, 0.5) is 0 Å². The third-order valence-corrected chi connectivity index (χ3v) is 1.73. The molecule has 0 fully saturated rings. The average molecular weight is 187 g/mol. The number of carbonyl (C=O) groups is 2. The van der Waals surface area contributed by atoms with Crippen LogP contribution in [-0.4, -0.2) is 23.0 Å². The quantitative estimate of drug-likeness (QED) is 0.675. The molecule has 0 saturated carbocycles. The Kier molecular flexibility index (Phi) is 5.11. The topological polar surface area (TPSA) is 66.4 Å². The van der Waals surface area contributed by atoms with E-state index in [9.17, 15) is 9.59 Å². The number of carboxylic acid groups (broad SMARTS) is 1. The number of aliphatic carboxylic acids is 1. The number of carbonyl (C=O) groups excluding carboxylic acids is 1. The van der Waals surface area contributed by atoms with Crippen molar-refractivity contribution in [2.24, 2.45) is 5.92 Å². The van der Waals surface area contributed by atoms with Gasteiger partial charge in [-0.25, -0.2) is 4.79 Å². The summed E-state index contributed by atoms with van der Waals surface area (Å²) in [6.07, 6.45) is 1.12. The lowest BCUT2D eigenvalue weighted by Crippen LogP contribution is -2.44. The molecule has 0 heterocycles. The maximum Gasteiger partial charge on any atom is 0.326 e. The third kappa shape index (κ3) is 4.50. The Labute approximate surface area is 78.3 Å². The fraction of sp³-hybridized carbons (Fsp3) is 0.778. The normalized spacial score (nSPS) is 12.6. The van der Waals surface area contributed by atoms with Gasteiger partial charge in [0.15, 0.2) is 0 Å². The molecule has 0 aromatic rings. The lowest BCUT2D eigenvalue weighted by molar-refractivity contribution is -0.143. The summed E-state index contributed by atoms with van der Waals surface area (Å²) >= 11 is 0. The van der Waals surface area contributed by atoms with Crippen LogP contribution in [0.5, 0.6) is 0 Å². The molecular weight excluding hydrogens is 170 g/mol. The zero-order valence-electron chi connectivity index (χ0n) is 8.33. The molecule has 0 aromatic carbocycles. The number of nitrogens with one attached hydrogen (secondary N) is 1. The summed E-state index contributed by atoms with van der Waals surface area (Å²) in [4.78, 5) is 21.8. The molecule has 0 aliphatic rings. The van der Waals surface area contributed by atoms with Crippen LogP contribution < -0.4 is 5.32 Å². The molecule has 13 heavy (non-hydrogen) atoms. The SMILES string of the molecule is CCCC(=O)N[C@@H](C(=O)O)C(C)C. The van der Waals surface area contributed by atoms with Crippen molar-refractivity contribution < 1.29 is 14.7 Å². The zero-order chi connectivity index (χ0) is 10.4. The van der Waals surface area contributed by atoms with Gasteiger partial charge in [0.25, 0.3) is 0 Å². The van der Waals surface area contributed by atoms with E-state index in [-0.39, 0.29) is 11.8 Å². The van der Waals surface area contributed by atoms with Crippen molar-refractivity contribution in [1.29, 1.82) is 0 Å². The van der Waals surface area contributed by atoms with Crippen LogP contribution in [0, 0.1) is 5.92 Å². The second kappa shape index (κ2) is 5.56. The van der Waals surface area contributed by atoms with E-state index < -0.39 is 12.0 Å². The predicted octanol–water partition coefficient (Wildman–Crippen LogP) is 1.01.